The number of hydrogen-bond acceptors (Lipinski definition) is 7. The van der Waals surface area contributed by atoms with E-state index in [0.29, 0.717) is 48.9 Å². The summed E-state index contributed by atoms with van der Waals surface area (Å²) in [5.41, 5.74) is 1.05. The van der Waals surface area contributed by atoms with Gasteiger partial charge in [0.1, 0.15) is 23.9 Å². The standard InChI is InChI=1S/C25H30N2O6S/c1-18-3-6-20(25(28)27-10-2-9-26(11-12-27)17-19-4-5-19)15-23(18)33-34(29,30)21-7-8-22-24(16-21)32-14-13-31-22/h3,6-8,15-16,19H,2,4-5,9-14,17H2,1H3. The van der Waals surface area contributed by atoms with Crippen LogP contribution in [-0.2, 0) is 10.1 Å². The molecule has 5 rings (SSSR count). The minimum atomic E-state index is -4.12. The summed E-state index contributed by atoms with van der Waals surface area (Å²) in [6.07, 6.45) is 3.58. The predicted octanol–water partition coefficient (Wildman–Crippen LogP) is 3.09. The molecule has 2 fully saturated rings. The first-order valence-electron chi connectivity index (χ1n) is 11.9. The topological polar surface area (TPSA) is 85.4 Å². The molecule has 0 bridgehead atoms. The molecule has 8 nitrogen and oxygen atoms in total. The van der Waals surface area contributed by atoms with E-state index in [1.165, 1.54) is 31.0 Å². The van der Waals surface area contributed by atoms with Crippen molar-refractivity contribution in [1.29, 1.82) is 0 Å². The first-order chi connectivity index (χ1) is 16.4. The average Bonchev–Trinajstić information content (AvgIpc) is 3.67. The minimum Gasteiger partial charge on any atom is -0.486 e. The van der Waals surface area contributed by atoms with Crippen molar-refractivity contribution in [2.24, 2.45) is 5.92 Å². The highest BCUT2D eigenvalue weighted by atomic mass is 32.2. The number of benzene rings is 2. The Kier molecular flexibility index (Phi) is 6.40. The summed E-state index contributed by atoms with van der Waals surface area (Å²) in [6, 6.07) is 9.37. The Labute approximate surface area is 200 Å². The van der Waals surface area contributed by atoms with E-state index in [9.17, 15) is 13.2 Å². The van der Waals surface area contributed by atoms with E-state index in [4.69, 9.17) is 13.7 Å². The van der Waals surface area contributed by atoms with Gasteiger partial charge >= 0.3 is 10.1 Å². The van der Waals surface area contributed by atoms with Crippen molar-refractivity contribution in [2.45, 2.75) is 31.1 Å². The number of fused-ring (bicyclic) bond motifs is 1. The lowest BCUT2D eigenvalue weighted by molar-refractivity contribution is 0.0761. The van der Waals surface area contributed by atoms with Crippen LogP contribution in [0.2, 0.25) is 0 Å². The average molecular weight is 487 g/mol. The molecular formula is C25H30N2O6S. The number of ether oxygens (including phenoxy) is 2. The van der Waals surface area contributed by atoms with Gasteiger partial charge < -0.3 is 23.5 Å². The zero-order valence-electron chi connectivity index (χ0n) is 19.4. The SMILES string of the molecule is Cc1ccc(C(=O)N2CCCN(CC3CC3)CC2)cc1OS(=O)(=O)c1ccc2c(c1)OCCO2. The molecule has 0 spiro atoms. The van der Waals surface area contributed by atoms with E-state index in [-0.39, 0.29) is 16.6 Å². The zero-order valence-corrected chi connectivity index (χ0v) is 20.2. The summed E-state index contributed by atoms with van der Waals surface area (Å²) in [6.45, 7) is 6.91. The second-order valence-electron chi connectivity index (χ2n) is 9.21. The predicted molar refractivity (Wildman–Crippen MR) is 126 cm³/mol. The van der Waals surface area contributed by atoms with Crippen molar-refractivity contribution in [2.75, 3.05) is 45.9 Å². The molecule has 0 atom stereocenters. The Balaban J connectivity index is 1.30. The first-order valence-corrected chi connectivity index (χ1v) is 13.3. The maximum atomic E-state index is 13.2. The molecule has 0 N–H and O–H groups in total. The van der Waals surface area contributed by atoms with Crippen LogP contribution < -0.4 is 13.7 Å². The van der Waals surface area contributed by atoms with E-state index in [1.54, 1.807) is 25.1 Å². The molecule has 0 aromatic heterocycles. The van der Waals surface area contributed by atoms with Gasteiger partial charge in [0.15, 0.2) is 11.5 Å². The van der Waals surface area contributed by atoms with E-state index >= 15 is 0 Å². The lowest BCUT2D eigenvalue weighted by Crippen LogP contribution is -2.35. The molecule has 2 aromatic carbocycles. The molecule has 2 heterocycles. The Hall–Kier alpha value is -2.78. The van der Waals surface area contributed by atoms with Gasteiger partial charge in [-0.15, -0.1) is 0 Å². The summed E-state index contributed by atoms with van der Waals surface area (Å²) >= 11 is 0. The maximum absolute atomic E-state index is 13.2. The molecule has 34 heavy (non-hydrogen) atoms. The van der Waals surface area contributed by atoms with Crippen LogP contribution in [0.3, 0.4) is 0 Å². The van der Waals surface area contributed by atoms with E-state index < -0.39 is 10.1 Å². The molecule has 1 saturated heterocycles. The monoisotopic (exact) mass is 486 g/mol. The number of carbonyl (C=O) groups excluding carboxylic acids is 1. The molecule has 2 aromatic rings. The van der Waals surface area contributed by atoms with Crippen molar-refractivity contribution in [3.63, 3.8) is 0 Å². The minimum absolute atomic E-state index is 0.0313. The lowest BCUT2D eigenvalue weighted by atomic mass is 10.1. The number of nitrogens with zero attached hydrogens (tertiary/aromatic N) is 2. The molecule has 1 amide bonds. The maximum Gasteiger partial charge on any atom is 0.339 e. The molecule has 2 aliphatic heterocycles. The fraction of sp³-hybridized carbons (Fsp3) is 0.480. The van der Waals surface area contributed by atoms with Crippen LogP contribution in [0.4, 0.5) is 0 Å². The van der Waals surface area contributed by atoms with Crippen LogP contribution in [0.5, 0.6) is 17.2 Å². The molecule has 9 heteroatoms. The summed E-state index contributed by atoms with van der Waals surface area (Å²) in [7, 11) is -4.12. The molecule has 182 valence electrons. The van der Waals surface area contributed by atoms with Crippen LogP contribution in [0.15, 0.2) is 41.3 Å². The second-order valence-corrected chi connectivity index (χ2v) is 10.8. The smallest absolute Gasteiger partial charge is 0.339 e. The normalized spacial score (nSPS) is 18.9. The third-order valence-corrected chi connectivity index (χ3v) is 7.76. The Bertz CT molecular complexity index is 1180. The van der Waals surface area contributed by atoms with Crippen LogP contribution in [0.25, 0.3) is 0 Å². The molecule has 1 saturated carbocycles. The number of carbonyl (C=O) groups is 1. The molecule has 0 radical (unpaired) electrons. The van der Waals surface area contributed by atoms with Gasteiger partial charge in [0, 0.05) is 37.8 Å². The molecule has 1 aliphatic carbocycles. The van der Waals surface area contributed by atoms with Crippen molar-refractivity contribution in [1.82, 2.24) is 9.80 Å². The van der Waals surface area contributed by atoms with Gasteiger partial charge in [-0.25, -0.2) is 0 Å². The van der Waals surface area contributed by atoms with Gasteiger partial charge in [0.05, 0.1) is 0 Å². The van der Waals surface area contributed by atoms with Gasteiger partial charge in [0.2, 0.25) is 0 Å². The van der Waals surface area contributed by atoms with Gasteiger partial charge in [-0.3, -0.25) is 4.79 Å². The lowest BCUT2D eigenvalue weighted by Gasteiger charge is -2.22. The molecule has 3 aliphatic rings. The summed E-state index contributed by atoms with van der Waals surface area (Å²) in [5.74, 6) is 1.74. The van der Waals surface area contributed by atoms with Crippen molar-refractivity contribution in [3.05, 3.63) is 47.5 Å². The summed E-state index contributed by atoms with van der Waals surface area (Å²) in [5, 5.41) is 0. The van der Waals surface area contributed by atoms with Gasteiger partial charge in [-0.2, -0.15) is 8.42 Å². The third-order valence-electron chi connectivity index (χ3n) is 6.53. The highest BCUT2D eigenvalue weighted by molar-refractivity contribution is 7.87. The fourth-order valence-corrected chi connectivity index (χ4v) is 5.37. The second kappa shape index (κ2) is 9.46. The van der Waals surface area contributed by atoms with E-state index in [2.05, 4.69) is 4.90 Å². The fourth-order valence-electron chi connectivity index (χ4n) is 4.37. The molecule has 0 unspecified atom stereocenters. The van der Waals surface area contributed by atoms with Crippen LogP contribution >= 0.6 is 0 Å². The zero-order chi connectivity index (χ0) is 23.7. The van der Waals surface area contributed by atoms with Crippen molar-refractivity contribution in [3.8, 4) is 17.2 Å². The largest absolute Gasteiger partial charge is 0.486 e. The number of aryl methyl sites for hydroxylation is 1. The highest BCUT2D eigenvalue weighted by Gasteiger charge is 2.27. The van der Waals surface area contributed by atoms with Gasteiger partial charge in [-0.05, 0) is 68.5 Å². The van der Waals surface area contributed by atoms with Crippen molar-refractivity contribution >= 4 is 16.0 Å². The van der Waals surface area contributed by atoms with Gasteiger partial charge in [-0.1, -0.05) is 6.07 Å². The highest BCUT2D eigenvalue weighted by Crippen LogP contribution is 2.34. The van der Waals surface area contributed by atoms with E-state index in [0.717, 1.165) is 32.0 Å². The van der Waals surface area contributed by atoms with Crippen LogP contribution in [0, 0.1) is 12.8 Å². The number of hydrogen-bond donors (Lipinski definition) is 0. The summed E-state index contributed by atoms with van der Waals surface area (Å²) < 4.78 is 42.4. The third kappa shape index (κ3) is 5.15. The Morgan fingerprint density at radius 2 is 1.79 bits per heavy atom. The number of amides is 1. The van der Waals surface area contributed by atoms with Crippen LogP contribution in [0.1, 0.15) is 35.2 Å². The van der Waals surface area contributed by atoms with E-state index in [1.807, 2.05) is 4.90 Å². The van der Waals surface area contributed by atoms with Gasteiger partial charge in [0.25, 0.3) is 5.91 Å². The number of rotatable bonds is 6. The van der Waals surface area contributed by atoms with Crippen LogP contribution in [-0.4, -0.2) is 70.1 Å². The first kappa shape index (κ1) is 23.0. The Morgan fingerprint density at radius 1 is 1.00 bits per heavy atom. The van der Waals surface area contributed by atoms with Crippen molar-refractivity contribution < 1.29 is 26.9 Å². The quantitative estimate of drug-likeness (QED) is 0.580. The Morgan fingerprint density at radius 3 is 2.59 bits per heavy atom. The summed E-state index contributed by atoms with van der Waals surface area (Å²) in [4.78, 5) is 17.5. The molecular weight excluding hydrogens is 456 g/mol.